The van der Waals surface area contributed by atoms with E-state index in [2.05, 4.69) is 10.3 Å². The van der Waals surface area contributed by atoms with E-state index in [0.29, 0.717) is 11.5 Å². The van der Waals surface area contributed by atoms with E-state index < -0.39 is 23.6 Å². The summed E-state index contributed by atoms with van der Waals surface area (Å²) in [7, 11) is 0. The molecule has 2 aromatic rings. The van der Waals surface area contributed by atoms with Gasteiger partial charge >= 0.3 is 0 Å². The van der Waals surface area contributed by atoms with Crippen molar-refractivity contribution in [3.63, 3.8) is 0 Å². The van der Waals surface area contributed by atoms with Crippen LogP contribution in [0.15, 0.2) is 46.9 Å². The SMILES string of the molecule is CC(C)(C)c1ocnc1/C=C(\O)C(=O)N[C@@H](Cc1ccccc1)C(N)=O. The minimum absolute atomic E-state index is 0.229. The number of nitrogens with zero attached hydrogens (tertiary/aromatic N) is 1. The minimum atomic E-state index is -0.945. The Morgan fingerprint density at radius 2 is 1.96 bits per heavy atom. The van der Waals surface area contributed by atoms with Crippen LogP contribution >= 0.6 is 0 Å². The van der Waals surface area contributed by atoms with Gasteiger partial charge in [0.1, 0.15) is 17.5 Å². The number of rotatable bonds is 6. The number of hydrogen-bond acceptors (Lipinski definition) is 5. The number of hydrogen-bond donors (Lipinski definition) is 3. The summed E-state index contributed by atoms with van der Waals surface area (Å²) < 4.78 is 5.34. The van der Waals surface area contributed by atoms with Gasteiger partial charge in [-0.15, -0.1) is 0 Å². The molecule has 0 saturated heterocycles. The number of carbonyl (C=O) groups excluding carboxylic acids is 2. The van der Waals surface area contributed by atoms with E-state index in [1.807, 2.05) is 51.1 Å². The van der Waals surface area contributed by atoms with Gasteiger partial charge in [0.25, 0.3) is 5.91 Å². The number of aliphatic hydroxyl groups is 1. The first kappa shape index (κ1) is 19.2. The minimum Gasteiger partial charge on any atom is -0.503 e. The smallest absolute Gasteiger partial charge is 0.286 e. The Morgan fingerprint density at radius 3 is 2.54 bits per heavy atom. The topological polar surface area (TPSA) is 118 Å². The molecule has 2 rings (SSSR count). The molecule has 0 unspecified atom stereocenters. The van der Waals surface area contributed by atoms with E-state index in [1.165, 1.54) is 12.5 Å². The number of nitrogens with one attached hydrogen (secondary N) is 1. The Balaban J connectivity index is 2.14. The first-order valence-electron chi connectivity index (χ1n) is 8.17. The van der Waals surface area contributed by atoms with Gasteiger partial charge < -0.3 is 20.6 Å². The second kappa shape index (κ2) is 7.86. The van der Waals surface area contributed by atoms with Crippen molar-refractivity contribution < 1.29 is 19.1 Å². The number of primary amides is 1. The van der Waals surface area contributed by atoms with Crippen molar-refractivity contribution in [2.24, 2.45) is 5.73 Å². The number of aliphatic hydroxyl groups excluding tert-OH is 1. The number of oxazole rings is 1. The second-order valence-corrected chi connectivity index (χ2v) is 6.96. The summed E-state index contributed by atoms with van der Waals surface area (Å²) in [5.74, 6) is -1.55. The number of nitrogens with two attached hydrogens (primary N) is 1. The molecular formula is C19H23N3O4. The molecule has 0 spiro atoms. The van der Waals surface area contributed by atoms with Crippen LogP contribution in [0.2, 0.25) is 0 Å². The Morgan fingerprint density at radius 1 is 1.31 bits per heavy atom. The summed E-state index contributed by atoms with van der Waals surface area (Å²) in [6, 6.07) is 8.20. The maximum atomic E-state index is 12.2. The third-order valence-corrected chi connectivity index (χ3v) is 3.71. The van der Waals surface area contributed by atoms with E-state index in [-0.39, 0.29) is 11.8 Å². The van der Waals surface area contributed by atoms with Gasteiger partial charge in [0, 0.05) is 17.9 Å². The van der Waals surface area contributed by atoms with Crippen LogP contribution in [0.25, 0.3) is 6.08 Å². The van der Waals surface area contributed by atoms with Gasteiger partial charge in [0.2, 0.25) is 5.91 Å². The van der Waals surface area contributed by atoms with Crippen molar-refractivity contribution >= 4 is 17.9 Å². The molecule has 2 amide bonds. The van der Waals surface area contributed by atoms with Crippen LogP contribution in [-0.4, -0.2) is 27.9 Å². The van der Waals surface area contributed by atoms with Crippen molar-refractivity contribution in [2.75, 3.05) is 0 Å². The van der Waals surface area contributed by atoms with Crippen molar-refractivity contribution in [2.45, 2.75) is 38.6 Å². The van der Waals surface area contributed by atoms with Crippen molar-refractivity contribution in [3.05, 3.63) is 59.5 Å². The van der Waals surface area contributed by atoms with Gasteiger partial charge in [-0.2, -0.15) is 0 Å². The molecule has 1 aromatic heterocycles. The highest BCUT2D eigenvalue weighted by atomic mass is 16.3. The van der Waals surface area contributed by atoms with Gasteiger partial charge in [-0.3, -0.25) is 9.59 Å². The third kappa shape index (κ3) is 4.95. The fraction of sp³-hybridized carbons (Fsp3) is 0.316. The lowest BCUT2D eigenvalue weighted by Gasteiger charge is -2.16. The zero-order valence-electron chi connectivity index (χ0n) is 15.0. The summed E-state index contributed by atoms with van der Waals surface area (Å²) in [6.07, 6.45) is 2.69. The molecule has 1 aromatic carbocycles. The summed E-state index contributed by atoms with van der Waals surface area (Å²) in [4.78, 5) is 27.9. The average Bonchev–Trinajstić information content (AvgIpc) is 3.03. The maximum Gasteiger partial charge on any atom is 0.286 e. The molecule has 0 aliphatic heterocycles. The fourth-order valence-corrected chi connectivity index (χ4v) is 2.42. The van der Waals surface area contributed by atoms with Crippen LogP contribution in [0.5, 0.6) is 0 Å². The molecular weight excluding hydrogens is 334 g/mol. The first-order chi connectivity index (χ1) is 12.2. The van der Waals surface area contributed by atoms with Crippen LogP contribution in [-0.2, 0) is 21.4 Å². The highest BCUT2D eigenvalue weighted by Gasteiger charge is 2.24. The number of aromatic nitrogens is 1. The average molecular weight is 357 g/mol. The van der Waals surface area contributed by atoms with Crippen LogP contribution in [0.4, 0.5) is 0 Å². The van der Waals surface area contributed by atoms with Gasteiger partial charge in [-0.25, -0.2) is 4.98 Å². The Kier molecular flexibility index (Phi) is 5.82. The first-order valence-corrected chi connectivity index (χ1v) is 8.17. The van der Waals surface area contributed by atoms with E-state index in [4.69, 9.17) is 10.2 Å². The standard InChI is InChI=1S/C19H23N3O4/c1-19(2,3)16-13(21-11-26-16)10-15(23)18(25)22-14(17(20)24)9-12-7-5-4-6-8-12/h4-8,10-11,14,23H,9H2,1-3H3,(H2,20,24)(H,22,25)/b15-10-/t14-/m0/s1. The predicted molar refractivity (Wildman–Crippen MR) is 97.1 cm³/mol. The van der Waals surface area contributed by atoms with E-state index >= 15 is 0 Å². The molecule has 1 heterocycles. The summed E-state index contributed by atoms with van der Waals surface area (Å²) >= 11 is 0. The van der Waals surface area contributed by atoms with Gasteiger partial charge in [-0.05, 0) is 5.56 Å². The molecule has 0 fully saturated rings. The van der Waals surface area contributed by atoms with E-state index in [9.17, 15) is 14.7 Å². The molecule has 26 heavy (non-hydrogen) atoms. The number of amides is 2. The molecule has 7 nitrogen and oxygen atoms in total. The molecule has 0 saturated carbocycles. The number of benzene rings is 1. The van der Waals surface area contributed by atoms with Crippen LogP contribution in [0.3, 0.4) is 0 Å². The highest BCUT2D eigenvalue weighted by Crippen LogP contribution is 2.26. The van der Waals surface area contributed by atoms with Crippen molar-refractivity contribution in [1.29, 1.82) is 0 Å². The normalized spacial score (nSPS) is 13.3. The Hall–Kier alpha value is -3.09. The monoisotopic (exact) mass is 357 g/mol. The van der Waals surface area contributed by atoms with Gasteiger partial charge in [0.15, 0.2) is 12.2 Å². The molecule has 0 bridgehead atoms. The third-order valence-electron chi connectivity index (χ3n) is 3.71. The van der Waals surface area contributed by atoms with Crippen molar-refractivity contribution in [3.8, 4) is 0 Å². The van der Waals surface area contributed by atoms with Crippen LogP contribution in [0, 0.1) is 0 Å². The lowest BCUT2D eigenvalue weighted by Crippen LogP contribution is -2.46. The van der Waals surface area contributed by atoms with Gasteiger partial charge in [-0.1, -0.05) is 51.1 Å². The molecule has 0 radical (unpaired) electrons. The van der Waals surface area contributed by atoms with Crippen LogP contribution in [0.1, 0.15) is 37.8 Å². The van der Waals surface area contributed by atoms with Gasteiger partial charge in [0.05, 0.1) is 0 Å². The zero-order chi connectivity index (χ0) is 19.3. The number of carbonyl (C=O) groups is 2. The highest BCUT2D eigenvalue weighted by molar-refractivity contribution is 5.98. The summed E-state index contributed by atoms with van der Waals surface area (Å²) in [5, 5.41) is 12.5. The molecule has 0 aliphatic rings. The fourth-order valence-electron chi connectivity index (χ4n) is 2.42. The van der Waals surface area contributed by atoms with E-state index in [0.717, 1.165) is 5.56 Å². The lowest BCUT2D eigenvalue weighted by atomic mass is 9.91. The van der Waals surface area contributed by atoms with Crippen LogP contribution < -0.4 is 11.1 Å². The van der Waals surface area contributed by atoms with Crippen molar-refractivity contribution in [1.82, 2.24) is 10.3 Å². The second-order valence-electron chi connectivity index (χ2n) is 6.96. The zero-order valence-corrected chi connectivity index (χ0v) is 15.0. The quantitative estimate of drug-likeness (QED) is 0.540. The Labute approximate surface area is 151 Å². The maximum absolute atomic E-state index is 12.2. The summed E-state index contributed by atoms with van der Waals surface area (Å²) in [6.45, 7) is 5.76. The molecule has 1 atom stereocenters. The molecule has 138 valence electrons. The largest absolute Gasteiger partial charge is 0.503 e. The molecule has 4 N–H and O–H groups in total. The summed E-state index contributed by atoms with van der Waals surface area (Å²) in [5.41, 5.74) is 6.21. The molecule has 0 aliphatic carbocycles. The molecule has 7 heteroatoms. The lowest BCUT2D eigenvalue weighted by molar-refractivity contribution is -0.126. The Bertz CT molecular complexity index is 804. The predicted octanol–water partition coefficient (Wildman–Crippen LogP) is 2.08. The van der Waals surface area contributed by atoms with E-state index in [1.54, 1.807) is 0 Å².